The van der Waals surface area contributed by atoms with Crippen molar-refractivity contribution in [2.75, 3.05) is 0 Å². The van der Waals surface area contributed by atoms with E-state index < -0.39 is 0 Å². The third-order valence-corrected chi connectivity index (χ3v) is 9.74. The third-order valence-electron chi connectivity index (χ3n) is 9.74. The monoisotopic (exact) mass is 644 g/mol. The Morgan fingerprint density at radius 2 is 0.940 bits per heavy atom. The number of fused-ring (bicyclic) bond motifs is 3. The molecule has 0 fully saturated rings. The maximum Gasteiger partial charge on any atom is 0.328 e. The Bertz CT molecular complexity index is 2740. The Balaban J connectivity index is 1.29. The third kappa shape index (κ3) is 4.99. The summed E-state index contributed by atoms with van der Waals surface area (Å²) in [6.07, 6.45) is 0. The normalized spacial score (nSPS) is 11.5. The summed E-state index contributed by atoms with van der Waals surface area (Å²) in [5, 5.41) is 4.62. The van der Waals surface area contributed by atoms with Crippen LogP contribution in [0, 0.1) is 0 Å². The lowest BCUT2D eigenvalue weighted by Crippen LogP contribution is -2.19. The molecule has 0 unspecified atom stereocenters. The summed E-state index contributed by atoms with van der Waals surface area (Å²) in [6.45, 7) is 0. The topological polar surface area (TPSA) is 52.7 Å². The van der Waals surface area contributed by atoms with E-state index in [0.29, 0.717) is 5.82 Å². The summed E-state index contributed by atoms with van der Waals surface area (Å²) >= 11 is 0. The lowest BCUT2D eigenvalue weighted by molar-refractivity contribution is 0.795. The Morgan fingerprint density at radius 1 is 0.420 bits per heavy atom. The summed E-state index contributed by atoms with van der Waals surface area (Å²) in [4.78, 5) is 22.9. The van der Waals surface area contributed by atoms with Crippen LogP contribution >= 0.6 is 0 Å². The first-order valence-electron chi connectivity index (χ1n) is 16.7. The molecule has 0 radical (unpaired) electrons. The maximum absolute atomic E-state index is 12.7. The summed E-state index contributed by atoms with van der Waals surface area (Å²) in [5.74, 6) is 0.690. The molecule has 0 bridgehead atoms. The van der Waals surface area contributed by atoms with E-state index in [4.69, 9.17) is 9.97 Å². The van der Waals surface area contributed by atoms with Gasteiger partial charge in [-0.15, -0.1) is 0 Å². The number of nitrogens with zero attached hydrogens (tertiary/aromatic N) is 4. The van der Waals surface area contributed by atoms with Crippen LogP contribution in [0.15, 0.2) is 163 Å². The van der Waals surface area contributed by atoms with E-state index in [2.05, 4.69) is 115 Å². The second-order valence-corrected chi connectivity index (χ2v) is 12.8. The van der Waals surface area contributed by atoms with Gasteiger partial charge in [-0.3, -0.25) is 9.13 Å². The zero-order valence-corrected chi connectivity index (χ0v) is 27.7. The number of imidazole rings is 1. The first kappa shape index (κ1) is 29.5. The molecule has 0 saturated heterocycles. The molecule has 0 aliphatic heterocycles. The average molecular weight is 645 g/mol. The molecule has 9 rings (SSSR count). The van der Waals surface area contributed by atoms with Crippen molar-refractivity contribution in [2.24, 2.45) is 14.1 Å². The van der Waals surface area contributed by atoms with E-state index in [0.717, 1.165) is 72.1 Å². The van der Waals surface area contributed by atoms with E-state index in [1.807, 2.05) is 56.6 Å². The van der Waals surface area contributed by atoms with Crippen LogP contribution in [0.1, 0.15) is 0 Å². The number of rotatable bonds is 5. The molecule has 238 valence electrons. The highest BCUT2D eigenvalue weighted by Crippen LogP contribution is 2.40. The summed E-state index contributed by atoms with van der Waals surface area (Å²) < 4.78 is 3.41. The van der Waals surface area contributed by atoms with Gasteiger partial charge in [-0.2, -0.15) is 0 Å². The molecule has 0 saturated carbocycles. The zero-order chi connectivity index (χ0) is 33.8. The minimum atomic E-state index is -0.0322. The molecular formula is C45H32N4O. The molecule has 5 nitrogen and oxygen atoms in total. The van der Waals surface area contributed by atoms with Crippen molar-refractivity contribution >= 4 is 32.6 Å². The molecule has 0 N–H and O–H groups in total. The van der Waals surface area contributed by atoms with Crippen LogP contribution in [0.25, 0.3) is 88.7 Å². The fourth-order valence-corrected chi connectivity index (χ4v) is 7.14. The minimum absolute atomic E-state index is 0.0322. The fourth-order valence-electron chi connectivity index (χ4n) is 7.14. The molecule has 50 heavy (non-hydrogen) atoms. The lowest BCUT2D eigenvalue weighted by atomic mass is 9.89. The molecule has 0 aliphatic carbocycles. The predicted octanol–water partition coefficient (Wildman–Crippen LogP) is 10.3. The summed E-state index contributed by atoms with van der Waals surface area (Å²) in [5.41, 5.74) is 11.0. The number of benzene rings is 7. The van der Waals surface area contributed by atoms with E-state index >= 15 is 0 Å². The number of hydrogen-bond donors (Lipinski definition) is 0. The number of hydrogen-bond acceptors (Lipinski definition) is 3. The Labute approximate surface area is 289 Å². The fraction of sp³-hybridized carbons (Fsp3) is 0.0444. The van der Waals surface area contributed by atoms with Crippen molar-refractivity contribution in [1.29, 1.82) is 0 Å². The van der Waals surface area contributed by atoms with Gasteiger partial charge in [0.1, 0.15) is 0 Å². The van der Waals surface area contributed by atoms with Gasteiger partial charge in [-0.05, 0) is 86.3 Å². The van der Waals surface area contributed by atoms with Crippen LogP contribution in [0.5, 0.6) is 0 Å². The van der Waals surface area contributed by atoms with Crippen LogP contribution in [0.2, 0.25) is 0 Å². The molecule has 2 heterocycles. The SMILES string of the molecule is Cn1c(=O)n(C)c2cc(-c3cc(-c4cc(-c5cc(-c6ccccc6)nc(-c6ccccc6)n5)cc5ccccc45)c4ccccc4c3)ccc21. The highest BCUT2D eigenvalue weighted by molar-refractivity contribution is 6.08. The first-order valence-corrected chi connectivity index (χ1v) is 16.7. The molecule has 0 atom stereocenters. The molecule has 7 aromatic carbocycles. The molecule has 9 aromatic rings. The molecule has 0 spiro atoms. The van der Waals surface area contributed by atoms with Crippen molar-refractivity contribution in [2.45, 2.75) is 0 Å². The molecular weight excluding hydrogens is 613 g/mol. The van der Waals surface area contributed by atoms with Gasteiger partial charge in [0.25, 0.3) is 0 Å². The van der Waals surface area contributed by atoms with Crippen molar-refractivity contribution < 1.29 is 0 Å². The molecule has 0 aliphatic rings. The quantitative estimate of drug-likeness (QED) is 0.187. The van der Waals surface area contributed by atoms with Crippen molar-refractivity contribution in [3.63, 3.8) is 0 Å². The highest BCUT2D eigenvalue weighted by Gasteiger charge is 2.17. The predicted molar refractivity (Wildman–Crippen MR) is 206 cm³/mol. The maximum atomic E-state index is 12.7. The van der Waals surface area contributed by atoms with Crippen molar-refractivity contribution in [3.8, 4) is 56.2 Å². The van der Waals surface area contributed by atoms with Crippen LogP contribution < -0.4 is 5.69 Å². The first-order chi connectivity index (χ1) is 24.5. The Kier molecular flexibility index (Phi) is 6.99. The van der Waals surface area contributed by atoms with Crippen LogP contribution in [0.3, 0.4) is 0 Å². The largest absolute Gasteiger partial charge is 0.328 e. The molecule has 5 heteroatoms. The van der Waals surface area contributed by atoms with Crippen LogP contribution in [-0.4, -0.2) is 19.1 Å². The average Bonchev–Trinajstić information content (AvgIpc) is 3.40. The van der Waals surface area contributed by atoms with Gasteiger partial charge in [0.2, 0.25) is 0 Å². The minimum Gasteiger partial charge on any atom is -0.295 e. The van der Waals surface area contributed by atoms with Gasteiger partial charge in [-0.1, -0.05) is 115 Å². The zero-order valence-electron chi connectivity index (χ0n) is 27.7. The summed E-state index contributed by atoms with van der Waals surface area (Å²) in [6, 6.07) is 55.0. The van der Waals surface area contributed by atoms with Crippen molar-refractivity contribution in [3.05, 3.63) is 168 Å². The van der Waals surface area contributed by atoms with Gasteiger partial charge in [-0.25, -0.2) is 14.8 Å². The lowest BCUT2D eigenvalue weighted by Gasteiger charge is -2.16. The smallest absolute Gasteiger partial charge is 0.295 e. The van der Waals surface area contributed by atoms with E-state index in [-0.39, 0.29) is 5.69 Å². The Hall–Kier alpha value is -6.59. The molecule has 2 aromatic heterocycles. The number of aromatic nitrogens is 4. The second kappa shape index (κ2) is 11.8. The van der Waals surface area contributed by atoms with E-state index in [1.54, 1.807) is 9.13 Å². The van der Waals surface area contributed by atoms with Gasteiger partial charge in [0, 0.05) is 30.8 Å². The van der Waals surface area contributed by atoms with E-state index in [9.17, 15) is 4.79 Å². The Morgan fingerprint density at radius 3 is 1.60 bits per heavy atom. The molecule has 0 amide bonds. The second-order valence-electron chi connectivity index (χ2n) is 12.8. The van der Waals surface area contributed by atoms with Crippen LogP contribution in [-0.2, 0) is 14.1 Å². The highest BCUT2D eigenvalue weighted by atomic mass is 16.1. The number of aryl methyl sites for hydroxylation is 2. The standard InChI is InChI=1S/C45H32N4O/c1-48-42-22-21-31(27-43(42)49(2)45(48)50)34-23-32-17-9-11-19-36(32)38(25-34)39-26-35(24-33-18-10-12-20-37(33)39)41-28-40(29-13-5-3-6-14-29)46-44(47-41)30-15-7-4-8-16-30/h3-28H,1-2H3. The van der Waals surface area contributed by atoms with Gasteiger partial charge >= 0.3 is 5.69 Å². The van der Waals surface area contributed by atoms with Gasteiger partial charge in [0.15, 0.2) is 5.82 Å². The van der Waals surface area contributed by atoms with Crippen LogP contribution in [0.4, 0.5) is 0 Å². The van der Waals surface area contributed by atoms with E-state index in [1.165, 1.54) is 10.8 Å². The summed E-state index contributed by atoms with van der Waals surface area (Å²) in [7, 11) is 3.65. The van der Waals surface area contributed by atoms with Crippen molar-refractivity contribution in [1.82, 2.24) is 19.1 Å². The van der Waals surface area contributed by atoms with Gasteiger partial charge in [0.05, 0.1) is 22.4 Å². The van der Waals surface area contributed by atoms with Gasteiger partial charge < -0.3 is 0 Å².